The number of carbonyl (C=O) groups excluding carboxylic acids is 1. The summed E-state index contributed by atoms with van der Waals surface area (Å²) in [6, 6.07) is 8.43. The second-order valence-corrected chi connectivity index (χ2v) is 7.92. The Morgan fingerprint density at radius 3 is 2.56 bits per heavy atom. The van der Waals surface area contributed by atoms with Gasteiger partial charge in [-0.2, -0.15) is 11.8 Å². The van der Waals surface area contributed by atoms with Crippen LogP contribution in [0.1, 0.15) is 38.7 Å². The third kappa shape index (κ3) is 6.27. The van der Waals surface area contributed by atoms with Crippen molar-refractivity contribution in [1.29, 1.82) is 0 Å². The first-order chi connectivity index (χ1) is 12.0. The molecule has 1 amide bonds. The van der Waals surface area contributed by atoms with E-state index in [0.717, 1.165) is 22.5 Å². The SMILES string of the molecule is CN=C(NCc1ccc(NC(=O)C(C)C)cc1)NC1CCC(SC)C1. The lowest BCUT2D eigenvalue weighted by Gasteiger charge is -2.17. The molecule has 0 aromatic heterocycles. The molecule has 3 N–H and O–H groups in total. The number of amides is 1. The summed E-state index contributed by atoms with van der Waals surface area (Å²) in [6.07, 6.45) is 5.87. The summed E-state index contributed by atoms with van der Waals surface area (Å²) in [5, 5.41) is 10.6. The minimum Gasteiger partial charge on any atom is -0.354 e. The fourth-order valence-corrected chi connectivity index (χ4v) is 3.65. The zero-order chi connectivity index (χ0) is 18.2. The number of nitrogens with zero attached hydrogens (tertiary/aromatic N) is 1. The maximum Gasteiger partial charge on any atom is 0.226 e. The van der Waals surface area contributed by atoms with Gasteiger partial charge < -0.3 is 16.0 Å². The van der Waals surface area contributed by atoms with Crippen LogP contribution in [0.15, 0.2) is 29.3 Å². The largest absolute Gasteiger partial charge is 0.354 e. The van der Waals surface area contributed by atoms with Gasteiger partial charge in [0.2, 0.25) is 5.91 Å². The van der Waals surface area contributed by atoms with E-state index in [9.17, 15) is 4.79 Å². The lowest BCUT2D eigenvalue weighted by atomic mass is 10.1. The minimum absolute atomic E-state index is 0.0166. The second-order valence-electron chi connectivity index (χ2n) is 6.78. The molecule has 0 bridgehead atoms. The Morgan fingerprint density at radius 1 is 1.28 bits per heavy atom. The van der Waals surface area contributed by atoms with Gasteiger partial charge in [-0.1, -0.05) is 26.0 Å². The minimum atomic E-state index is -0.0166. The number of rotatable bonds is 6. The quantitative estimate of drug-likeness (QED) is 0.537. The molecule has 0 heterocycles. The van der Waals surface area contributed by atoms with Crippen LogP contribution in [0.5, 0.6) is 0 Å². The van der Waals surface area contributed by atoms with Crippen molar-refractivity contribution < 1.29 is 4.79 Å². The molecule has 6 heteroatoms. The zero-order valence-electron chi connectivity index (χ0n) is 15.6. The summed E-state index contributed by atoms with van der Waals surface area (Å²) in [6.45, 7) is 4.48. The molecule has 138 valence electrons. The molecule has 1 aromatic carbocycles. The van der Waals surface area contributed by atoms with Crippen LogP contribution in [0, 0.1) is 5.92 Å². The topological polar surface area (TPSA) is 65.5 Å². The van der Waals surface area contributed by atoms with Gasteiger partial charge in [-0.25, -0.2) is 0 Å². The standard InChI is InChI=1S/C19H30N4OS/c1-13(2)18(24)22-15-7-5-14(6-8-15)12-21-19(20-3)23-16-9-10-17(11-16)25-4/h5-8,13,16-17H,9-12H2,1-4H3,(H,22,24)(H2,20,21,23). The van der Waals surface area contributed by atoms with Crippen molar-refractivity contribution in [3.8, 4) is 0 Å². The fourth-order valence-electron chi connectivity index (χ4n) is 2.85. The first kappa shape index (κ1) is 19.6. The number of hydrogen-bond donors (Lipinski definition) is 3. The van der Waals surface area contributed by atoms with E-state index >= 15 is 0 Å². The first-order valence-corrected chi connectivity index (χ1v) is 10.2. The van der Waals surface area contributed by atoms with Crippen molar-refractivity contribution in [2.45, 2.75) is 50.9 Å². The summed E-state index contributed by atoms with van der Waals surface area (Å²) in [5.74, 6) is 0.872. The lowest BCUT2D eigenvalue weighted by molar-refractivity contribution is -0.118. The normalized spacial score (nSPS) is 20.6. The molecule has 1 saturated carbocycles. The van der Waals surface area contributed by atoms with Crippen LogP contribution in [-0.2, 0) is 11.3 Å². The lowest BCUT2D eigenvalue weighted by Crippen LogP contribution is -2.42. The highest BCUT2D eigenvalue weighted by Crippen LogP contribution is 2.28. The van der Waals surface area contributed by atoms with Crippen LogP contribution >= 0.6 is 11.8 Å². The van der Waals surface area contributed by atoms with Gasteiger partial charge in [-0.15, -0.1) is 0 Å². The summed E-state index contributed by atoms with van der Waals surface area (Å²) in [4.78, 5) is 16.0. The number of aliphatic imine (C=N–C) groups is 1. The van der Waals surface area contributed by atoms with Crippen LogP contribution in [0.3, 0.4) is 0 Å². The number of guanidine groups is 1. The highest BCUT2D eigenvalue weighted by atomic mass is 32.2. The summed E-state index contributed by atoms with van der Waals surface area (Å²) in [7, 11) is 1.81. The number of benzene rings is 1. The van der Waals surface area contributed by atoms with E-state index in [0.29, 0.717) is 12.6 Å². The van der Waals surface area contributed by atoms with Gasteiger partial charge in [0.25, 0.3) is 0 Å². The van der Waals surface area contributed by atoms with Gasteiger partial charge in [-0.05, 0) is 43.2 Å². The maximum atomic E-state index is 11.7. The van der Waals surface area contributed by atoms with E-state index in [1.807, 2.05) is 49.9 Å². The molecule has 2 rings (SSSR count). The molecule has 25 heavy (non-hydrogen) atoms. The number of anilines is 1. The van der Waals surface area contributed by atoms with Crippen LogP contribution in [0.2, 0.25) is 0 Å². The van der Waals surface area contributed by atoms with Crippen molar-refractivity contribution in [3.05, 3.63) is 29.8 Å². The molecule has 0 spiro atoms. The first-order valence-electron chi connectivity index (χ1n) is 8.91. The number of nitrogens with one attached hydrogen (secondary N) is 3. The molecule has 0 saturated heterocycles. The van der Waals surface area contributed by atoms with Crippen molar-refractivity contribution in [3.63, 3.8) is 0 Å². The Kier molecular flexibility index (Phi) is 7.62. The summed E-state index contributed by atoms with van der Waals surface area (Å²) in [5.41, 5.74) is 1.98. The van der Waals surface area contributed by atoms with Gasteiger partial charge in [0.1, 0.15) is 0 Å². The van der Waals surface area contributed by atoms with Crippen LogP contribution in [0.4, 0.5) is 5.69 Å². The van der Waals surface area contributed by atoms with E-state index in [1.54, 1.807) is 7.05 Å². The summed E-state index contributed by atoms with van der Waals surface area (Å²) >= 11 is 1.96. The average Bonchev–Trinajstić information content (AvgIpc) is 3.07. The predicted octanol–water partition coefficient (Wildman–Crippen LogP) is 3.23. The number of carbonyl (C=O) groups is 1. The molecule has 2 atom stereocenters. The maximum absolute atomic E-state index is 11.7. The number of thioether (sulfide) groups is 1. The third-order valence-corrected chi connectivity index (χ3v) is 5.58. The molecule has 0 radical (unpaired) electrons. The predicted molar refractivity (Wildman–Crippen MR) is 108 cm³/mol. The smallest absolute Gasteiger partial charge is 0.226 e. The Bertz CT molecular complexity index is 586. The molecule has 1 aromatic rings. The Labute approximate surface area is 155 Å². The van der Waals surface area contributed by atoms with E-state index in [4.69, 9.17) is 0 Å². The Hall–Kier alpha value is -1.69. The Morgan fingerprint density at radius 2 is 2.00 bits per heavy atom. The molecule has 2 unspecified atom stereocenters. The van der Waals surface area contributed by atoms with Gasteiger partial charge in [0.05, 0.1) is 0 Å². The molecule has 1 aliphatic rings. The fraction of sp³-hybridized carbons (Fsp3) is 0.579. The molecule has 1 fully saturated rings. The van der Waals surface area contributed by atoms with Crippen LogP contribution < -0.4 is 16.0 Å². The van der Waals surface area contributed by atoms with Crippen molar-refractivity contribution >= 4 is 29.3 Å². The molecular weight excluding hydrogens is 332 g/mol. The number of hydrogen-bond acceptors (Lipinski definition) is 3. The molecular formula is C19H30N4OS. The molecule has 1 aliphatic carbocycles. The van der Waals surface area contributed by atoms with Gasteiger partial charge >= 0.3 is 0 Å². The van der Waals surface area contributed by atoms with Gasteiger partial charge in [0.15, 0.2) is 5.96 Å². The molecule has 0 aliphatic heterocycles. The van der Waals surface area contributed by atoms with Gasteiger partial charge in [-0.3, -0.25) is 9.79 Å². The van der Waals surface area contributed by atoms with E-state index < -0.39 is 0 Å². The van der Waals surface area contributed by atoms with Crippen molar-refractivity contribution in [2.24, 2.45) is 10.9 Å². The average molecular weight is 363 g/mol. The highest BCUT2D eigenvalue weighted by molar-refractivity contribution is 7.99. The molecule has 5 nitrogen and oxygen atoms in total. The van der Waals surface area contributed by atoms with Gasteiger partial charge in [0, 0.05) is 36.5 Å². The van der Waals surface area contributed by atoms with E-state index in [-0.39, 0.29) is 11.8 Å². The van der Waals surface area contributed by atoms with E-state index in [2.05, 4.69) is 27.2 Å². The third-order valence-electron chi connectivity index (χ3n) is 4.49. The van der Waals surface area contributed by atoms with Crippen LogP contribution in [-0.4, -0.2) is 36.5 Å². The van der Waals surface area contributed by atoms with E-state index in [1.165, 1.54) is 19.3 Å². The zero-order valence-corrected chi connectivity index (χ0v) is 16.5. The van der Waals surface area contributed by atoms with Crippen molar-refractivity contribution in [2.75, 3.05) is 18.6 Å². The highest BCUT2D eigenvalue weighted by Gasteiger charge is 2.24. The van der Waals surface area contributed by atoms with Crippen LogP contribution in [0.25, 0.3) is 0 Å². The Balaban J connectivity index is 1.80. The second kappa shape index (κ2) is 9.70. The van der Waals surface area contributed by atoms with Crippen molar-refractivity contribution in [1.82, 2.24) is 10.6 Å². The monoisotopic (exact) mass is 362 g/mol. The summed E-state index contributed by atoms with van der Waals surface area (Å²) < 4.78 is 0.